The normalized spacial score (nSPS) is 11.5. The van der Waals surface area contributed by atoms with Crippen LogP contribution >= 0.6 is 0 Å². The molecule has 1 atom stereocenters. The van der Waals surface area contributed by atoms with Gasteiger partial charge in [-0.3, -0.25) is 9.59 Å². The van der Waals surface area contributed by atoms with Crippen LogP contribution in [0.15, 0.2) is 18.2 Å². The fraction of sp³-hybridized carbons (Fsp3) is 0.250. The molecule has 108 valence electrons. The standard InChI is InChI=1S/C12H13FN2O5/c1-20-6-2-3-7(8(13)4-6)11(17)15-9(12(18)19)5-10(14)16/h2-4,9H,5H2,1H3,(H2,14,16)(H,15,17)(H,18,19)/t9-/m0/s1. The molecule has 0 aliphatic rings. The maximum atomic E-state index is 13.6. The third kappa shape index (κ3) is 3.94. The van der Waals surface area contributed by atoms with Crippen molar-refractivity contribution in [2.45, 2.75) is 12.5 Å². The van der Waals surface area contributed by atoms with Gasteiger partial charge in [0.25, 0.3) is 5.91 Å². The number of nitrogens with one attached hydrogen (secondary N) is 1. The Kier molecular flexibility index (Phi) is 5.01. The number of carbonyl (C=O) groups is 3. The number of ether oxygens (including phenoxy) is 1. The monoisotopic (exact) mass is 284 g/mol. The van der Waals surface area contributed by atoms with Gasteiger partial charge in [0.1, 0.15) is 17.6 Å². The summed E-state index contributed by atoms with van der Waals surface area (Å²) in [6.07, 6.45) is -0.584. The van der Waals surface area contributed by atoms with Crippen molar-refractivity contribution in [3.8, 4) is 5.75 Å². The number of carboxylic acid groups (broad SMARTS) is 1. The maximum Gasteiger partial charge on any atom is 0.326 e. The molecule has 0 heterocycles. The molecule has 4 N–H and O–H groups in total. The number of nitrogens with two attached hydrogens (primary N) is 1. The van der Waals surface area contributed by atoms with Gasteiger partial charge in [-0.15, -0.1) is 0 Å². The van der Waals surface area contributed by atoms with E-state index in [9.17, 15) is 18.8 Å². The van der Waals surface area contributed by atoms with Crippen molar-refractivity contribution in [3.63, 3.8) is 0 Å². The van der Waals surface area contributed by atoms with Crippen LogP contribution in [-0.2, 0) is 9.59 Å². The number of halogens is 1. The molecule has 0 aliphatic heterocycles. The van der Waals surface area contributed by atoms with E-state index in [-0.39, 0.29) is 11.3 Å². The number of hydrogen-bond donors (Lipinski definition) is 3. The van der Waals surface area contributed by atoms with E-state index >= 15 is 0 Å². The molecule has 20 heavy (non-hydrogen) atoms. The highest BCUT2D eigenvalue weighted by Crippen LogP contribution is 2.16. The molecule has 8 heteroatoms. The van der Waals surface area contributed by atoms with Crippen molar-refractivity contribution in [1.82, 2.24) is 5.32 Å². The van der Waals surface area contributed by atoms with Crippen LogP contribution in [-0.4, -0.2) is 36.0 Å². The average Bonchev–Trinajstić information content (AvgIpc) is 2.36. The van der Waals surface area contributed by atoms with Crippen LogP contribution in [0.2, 0.25) is 0 Å². The number of carbonyl (C=O) groups excluding carboxylic acids is 2. The minimum atomic E-state index is -1.51. The minimum Gasteiger partial charge on any atom is -0.497 e. The zero-order valence-electron chi connectivity index (χ0n) is 10.6. The first kappa shape index (κ1) is 15.4. The van der Waals surface area contributed by atoms with Crippen LogP contribution in [0.3, 0.4) is 0 Å². The average molecular weight is 284 g/mol. The van der Waals surface area contributed by atoms with Gasteiger partial charge in [-0.2, -0.15) is 0 Å². The highest BCUT2D eigenvalue weighted by Gasteiger charge is 2.24. The number of rotatable bonds is 6. The minimum absolute atomic E-state index is 0.214. The van der Waals surface area contributed by atoms with E-state index in [0.29, 0.717) is 0 Å². The molecule has 1 rings (SSSR count). The van der Waals surface area contributed by atoms with Crippen molar-refractivity contribution < 1.29 is 28.6 Å². The number of benzene rings is 1. The summed E-state index contributed by atoms with van der Waals surface area (Å²) in [6, 6.07) is 1.97. The molecule has 0 bridgehead atoms. The molecular formula is C12H13FN2O5. The Morgan fingerprint density at radius 1 is 1.45 bits per heavy atom. The largest absolute Gasteiger partial charge is 0.497 e. The van der Waals surface area contributed by atoms with Crippen LogP contribution < -0.4 is 15.8 Å². The number of primary amides is 1. The molecule has 2 amide bonds. The summed E-state index contributed by atoms with van der Waals surface area (Å²) in [7, 11) is 1.34. The lowest BCUT2D eigenvalue weighted by molar-refractivity contribution is -0.140. The van der Waals surface area contributed by atoms with E-state index < -0.39 is 36.1 Å². The highest BCUT2D eigenvalue weighted by atomic mass is 19.1. The van der Waals surface area contributed by atoms with Gasteiger partial charge < -0.3 is 20.9 Å². The number of aliphatic carboxylic acids is 1. The smallest absolute Gasteiger partial charge is 0.326 e. The van der Waals surface area contributed by atoms with Crippen LogP contribution in [0.4, 0.5) is 4.39 Å². The lowest BCUT2D eigenvalue weighted by atomic mass is 10.1. The first-order valence-corrected chi connectivity index (χ1v) is 5.50. The van der Waals surface area contributed by atoms with Crippen molar-refractivity contribution >= 4 is 17.8 Å². The number of methoxy groups -OCH3 is 1. The third-order valence-corrected chi connectivity index (χ3v) is 2.43. The predicted octanol–water partition coefficient (Wildman–Crippen LogP) is -0.107. The van der Waals surface area contributed by atoms with Gasteiger partial charge in [0.15, 0.2) is 0 Å². The summed E-state index contributed by atoms with van der Waals surface area (Å²) < 4.78 is 18.4. The molecule has 0 saturated carbocycles. The van der Waals surface area contributed by atoms with Gasteiger partial charge in [0, 0.05) is 6.07 Å². The SMILES string of the molecule is COc1ccc(C(=O)N[C@@H](CC(N)=O)C(=O)O)c(F)c1. The second-order valence-electron chi connectivity index (χ2n) is 3.88. The highest BCUT2D eigenvalue weighted by molar-refractivity contribution is 5.97. The molecule has 7 nitrogen and oxygen atoms in total. The molecule has 1 aromatic carbocycles. The topological polar surface area (TPSA) is 119 Å². The summed E-state index contributed by atoms with van der Waals surface area (Å²) in [5.74, 6) is -3.95. The van der Waals surface area contributed by atoms with E-state index in [1.54, 1.807) is 0 Å². The number of amides is 2. The first-order valence-electron chi connectivity index (χ1n) is 5.50. The Morgan fingerprint density at radius 2 is 2.10 bits per heavy atom. The lowest BCUT2D eigenvalue weighted by Gasteiger charge is -2.13. The Bertz CT molecular complexity index is 547. The summed E-state index contributed by atoms with van der Waals surface area (Å²) in [4.78, 5) is 33.3. The molecule has 0 spiro atoms. The van der Waals surface area contributed by atoms with Gasteiger partial charge >= 0.3 is 5.97 Å². The third-order valence-electron chi connectivity index (χ3n) is 2.43. The van der Waals surface area contributed by atoms with Crippen LogP contribution in [0, 0.1) is 5.82 Å². The van der Waals surface area contributed by atoms with Crippen molar-refractivity contribution in [3.05, 3.63) is 29.6 Å². The Balaban J connectivity index is 2.89. The number of hydrogen-bond acceptors (Lipinski definition) is 4. The van der Waals surface area contributed by atoms with E-state index in [2.05, 4.69) is 0 Å². The van der Waals surface area contributed by atoms with Crippen LogP contribution in [0.25, 0.3) is 0 Å². The molecule has 0 fully saturated rings. The van der Waals surface area contributed by atoms with E-state index in [4.69, 9.17) is 15.6 Å². The Hall–Kier alpha value is -2.64. The summed E-state index contributed by atoms with van der Waals surface area (Å²) in [5, 5.41) is 10.9. The van der Waals surface area contributed by atoms with Crippen molar-refractivity contribution in [2.24, 2.45) is 5.73 Å². The fourth-order valence-electron chi connectivity index (χ4n) is 1.44. The lowest BCUT2D eigenvalue weighted by Crippen LogP contribution is -2.43. The predicted molar refractivity (Wildman–Crippen MR) is 65.7 cm³/mol. The van der Waals surface area contributed by atoms with E-state index in [1.807, 2.05) is 5.32 Å². The summed E-state index contributed by atoms with van der Waals surface area (Å²) in [5.41, 5.74) is 4.51. The molecule has 1 aromatic rings. The van der Waals surface area contributed by atoms with Gasteiger partial charge in [-0.25, -0.2) is 9.18 Å². The number of carboxylic acids is 1. The molecular weight excluding hydrogens is 271 g/mol. The Morgan fingerprint density at radius 3 is 2.55 bits per heavy atom. The summed E-state index contributed by atoms with van der Waals surface area (Å²) >= 11 is 0. The molecule has 0 saturated heterocycles. The molecule has 0 unspecified atom stereocenters. The quantitative estimate of drug-likeness (QED) is 0.673. The molecule has 0 aliphatic carbocycles. The zero-order chi connectivity index (χ0) is 15.3. The molecule has 0 radical (unpaired) electrons. The maximum absolute atomic E-state index is 13.6. The zero-order valence-corrected chi connectivity index (χ0v) is 10.6. The first-order chi connectivity index (χ1) is 9.35. The van der Waals surface area contributed by atoms with Crippen LogP contribution in [0.5, 0.6) is 5.75 Å². The van der Waals surface area contributed by atoms with Gasteiger partial charge in [-0.05, 0) is 12.1 Å². The summed E-state index contributed by atoms with van der Waals surface area (Å²) in [6.45, 7) is 0. The fourth-order valence-corrected chi connectivity index (χ4v) is 1.44. The second-order valence-corrected chi connectivity index (χ2v) is 3.88. The molecule has 0 aromatic heterocycles. The van der Waals surface area contributed by atoms with Crippen LogP contribution in [0.1, 0.15) is 16.8 Å². The van der Waals surface area contributed by atoms with Gasteiger partial charge in [0.05, 0.1) is 19.1 Å². The van der Waals surface area contributed by atoms with Crippen molar-refractivity contribution in [2.75, 3.05) is 7.11 Å². The van der Waals surface area contributed by atoms with Gasteiger partial charge in [0.2, 0.25) is 5.91 Å². The van der Waals surface area contributed by atoms with E-state index in [0.717, 1.165) is 12.1 Å². The Labute approximate surface area is 113 Å². The van der Waals surface area contributed by atoms with Crippen molar-refractivity contribution in [1.29, 1.82) is 0 Å². The van der Waals surface area contributed by atoms with E-state index in [1.165, 1.54) is 13.2 Å². The second kappa shape index (κ2) is 6.50. The van der Waals surface area contributed by atoms with Gasteiger partial charge in [-0.1, -0.05) is 0 Å².